The highest BCUT2D eigenvalue weighted by Crippen LogP contribution is 2.22. The Kier molecular flexibility index (Phi) is 2.34. The number of aryl methyl sites for hydroxylation is 1. The molecule has 1 aromatic rings. The second-order valence-corrected chi connectivity index (χ2v) is 4.78. The van der Waals surface area contributed by atoms with Crippen LogP contribution in [0.2, 0.25) is 0 Å². The van der Waals surface area contributed by atoms with E-state index in [0.717, 1.165) is 18.0 Å². The minimum atomic E-state index is -0.954. The Morgan fingerprint density at radius 1 is 1.38 bits per heavy atom. The molecule has 3 nitrogen and oxygen atoms in total. The van der Waals surface area contributed by atoms with Gasteiger partial charge in [0.25, 0.3) is 0 Å². The molecule has 1 aliphatic carbocycles. The summed E-state index contributed by atoms with van der Waals surface area (Å²) < 4.78 is 13.3. The number of nitrogens with zero attached hydrogens (tertiary/aromatic N) is 2. The van der Waals surface area contributed by atoms with Crippen molar-refractivity contribution >= 4 is 11.2 Å². The van der Waals surface area contributed by atoms with Crippen molar-refractivity contribution in [2.45, 2.75) is 30.8 Å². The molecule has 2 rings (SSSR count). The average molecular weight is 198 g/mol. The molecule has 0 aromatic carbocycles. The zero-order valence-corrected chi connectivity index (χ0v) is 8.86. The average Bonchev–Trinajstić information content (AvgIpc) is 2.45. The Bertz CT molecular complexity index is 320. The van der Waals surface area contributed by atoms with Gasteiger partial charge in [-0.25, -0.2) is 0 Å². The molecule has 0 saturated carbocycles. The molecule has 1 aliphatic rings. The molecule has 0 amide bonds. The van der Waals surface area contributed by atoms with Crippen LogP contribution >= 0.6 is 0 Å². The molecule has 0 radical (unpaired) electrons. The third-order valence-corrected chi connectivity index (χ3v) is 3.47. The van der Waals surface area contributed by atoms with E-state index in [0.29, 0.717) is 0 Å². The highest BCUT2D eigenvalue weighted by atomic mass is 32.2. The van der Waals surface area contributed by atoms with E-state index in [1.807, 2.05) is 11.6 Å². The highest BCUT2D eigenvalue weighted by Gasteiger charge is 2.22. The maximum atomic E-state index is 11.3. The molecule has 1 atom stereocenters. The van der Waals surface area contributed by atoms with E-state index >= 15 is 0 Å². The minimum Gasteiger partial charge on any atom is -0.609 e. The summed E-state index contributed by atoms with van der Waals surface area (Å²) in [7, 11) is 1.97. The van der Waals surface area contributed by atoms with Crippen LogP contribution in [-0.2, 0) is 31.1 Å². The Morgan fingerprint density at radius 3 is 2.69 bits per heavy atom. The third-order valence-electron chi connectivity index (χ3n) is 2.59. The van der Waals surface area contributed by atoms with E-state index in [9.17, 15) is 4.55 Å². The van der Waals surface area contributed by atoms with Crippen LogP contribution in [0, 0.1) is 0 Å². The number of hydrogen-bond acceptors (Lipinski definition) is 2. The number of aromatic nitrogens is 2. The van der Waals surface area contributed by atoms with Crippen LogP contribution in [-0.4, -0.2) is 20.4 Å². The molecule has 0 aliphatic heterocycles. The molecule has 0 bridgehead atoms. The molecule has 4 heteroatoms. The van der Waals surface area contributed by atoms with Crippen LogP contribution in [0.5, 0.6) is 0 Å². The van der Waals surface area contributed by atoms with Crippen LogP contribution in [0.15, 0.2) is 5.16 Å². The summed E-state index contributed by atoms with van der Waals surface area (Å²) in [5, 5.41) is 0.729. The molecular formula is C9H14N2OS. The van der Waals surface area contributed by atoms with Crippen molar-refractivity contribution in [3.05, 3.63) is 11.4 Å². The van der Waals surface area contributed by atoms with Crippen molar-refractivity contribution in [1.82, 2.24) is 9.55 Å². The van der Waals surface area contributed by atoms with Gasteiger partial charge in [-0.3, -0.25) is 4.57 Å². The monoisotopic (exact) mass is 198 g/mol. The van der Waals surface area contributed by atoms with Gasteiger partial charge in [-0.1, -0.05) is 0 Å². The largest absolute Gasteiger partial charge is 0.609 e. The van der Waals surface area contributed by atoms with Gasteiger partial charge in [-0.2, -0.15) is 4.98 Å². The van der Waals surface area contributed by atoms with Gasteiger partial charge in [0.2, 0.25) is 0 Å². The molecule has 13 heavy (non-hydrogen) atoms. The Labute approximate surface area is 81.3 Å². The fourth-order valence-electron chi connectivity index (χ4n) is 1.92. The molecule has 1 aromatic heterocycles. The Hall–Kier alpha value is -0.480. The molecule has 72 valence electrons. The lowest BCUT2D eigenvalue weighted by Crippen LogP contribution is -2.09. The van der Waals surface area contributed by atoms with Crippen LogP contribution in [0.1, 0.15) is 24.2 Å². The number of fused-ring (bicyclic) bond motifs is 1. The summed E-state index contributed by atoms with van der Waals surface area (Å²) in [6.45, 7) is 0. The molecular weight excluding hydrogens is 184 g/mol. The lowest BCUT2D eigenvalue weighted by molar-refractivity contribution is 0.580. The fourth-order valence-corrected chi connectivity index (χ4v) is 2.65. The van der Waals surface area contributed by atoms with E-state index < -0.39 is 11.2 Å². The number of imidazole rings is 1. The van der Waals surface area contributed by atoms with Crippen molar-refractivity contribution in [1.29, 1.82) is 0 Å². The zero-order valence-electron chi connectivity index (χ0n) is 8.04. The maximum Gasteiger partial charge on any atom is 0.323 e. The van der Waals surface area contributed by atoms with Gasteiger partial charge in [-0.15, -0.1) is 0 Å². The predicted molar refractivity (Wildman–Crippen MR) is 52.2 cm³/mol. The Balaban J connectivity index is 2.44. The van der Waals surface area contributed by atoms with Crippen LogP contribution in [0.4, 0.5) is 0 Å². The van der Waals surface area contributed by atoms with Crippen LogP contribution in [0.25, 0.3) is 0 Å². The van der Waals surface area contributed by atoms with E-state index in [1.54, 1.807) is 6.26 Å². The van der Waals surface area contributed by atoms with Crippen molar-refractivity contribution in [2.24, 2.45) is 7.05 Å². The lowest BCUT2D eigenvalue weighted by Gasteiger charge is -2.10. The number of hydrogen-bond donors (Lipinski definition) is 0. The van der Waals surface area contributed by atoms with E-state index in [4.69, 9.17) is 0 Å². The van der Waals surface area contributed by atoms with Gasteiger partial charge < -0.3 is 4.55 Å². The lowest BCUT2D eigenvalue weighted by atomic mass is 10.0. The second-order valence-electron chi connectivity index (χ2n) is 3.51. The van der Waals surface area contributed by atoms with Gasteiger partial charge in [0.05, 0.1) is 5.69 Å². The normalized spacial score (nSPS) is 18.4. The maximum absolute atomic E-state index is 11.3. The molecule has 0 spiro atoms. The van der Waals surface area contributed by atoms with Gasteiger partial charge >= 0.3 is 5.16 Å². The molecule has 0 fully saturated rings. The SMILES string of the molecule is Cn1c([S+](C)[O-])nc2c1CCCC2. The fraction of sp³-hybridized carbons (Fsp3) is 0.667. The van der Waals surface area contributed by atoms with Crippen molar-refractivity contribution in [3.63, 3.8) is 0 Å². The minimum absolute atomic E-state index is 0.729. The van der Waals surface area contributed by atoms with E-state index in [2.05, 4.69) is 4.98 Å². The Morgan fingerprint density at radius 2 is 2.08 bits per heavy atom. The van der Waals surface area contributed by atoms with Crippen molar-refractivity contribution in [2.75, 3.05) is 6.26 Å². The topological polar surface area (TPSA) is 40.9 Å². The first-order chi connectivity index (χ1) is 6.20. The summed E-state index contributed by atoms with van der Waals surface area (Å²) in [6.07, 6.45) is 6.30. The third kappa shape index (κ3) is 1.48. The van der Waals surface area contributed by atoms with Crippen LogP contribution in [0.3, 0.4) is 0 Å². The smallest absolute Gasteiger partial charge is 0.323 e. The standard InChI is InChI=1S/C9H14N2OS/c1-11-8-6-4-3-5-7(8)10-9(11)13(2)12/h3-6H2,1-2H3. The summed E-state index contributed by atoms with van der Waals surface area (Å²) in [4.78, 5) is 4.41. The van der Waals surface area contributed by atoms with Gasteiger partial charge in [0, 0.05) is 23.9 Å². The number of rotatable bonds is 1. The molecule has 1 heterocycles. The van der Waals surface area contributed by atoms with Crippen molar-refractivity contribution in [3.8, 4) is 0 Å². The summed E-state index contributed by atoms with van der Waals surface area (Å²) >= 11 is -0.954. The summed E-state index contributed by atoms with van der Waals surface area (Å²) in [5.41, 5.74) is 2.45. The first-order valence-electron chi connectivity index (χ1n) is 4.58. The van der Waals surface area contributed by atoms with Gasteiger partial charge in [-0.05, 0) is 25.7 Å². The van der Waals surface area contributed by atoms with Gasteiger partial charge in [0.1, 0.15) is 6.26 Å². The van der Waals surface area contributed by atoms with E-state index in [1.165, 1.54) is 24.2 Å². The van der Waals surface area contributed by atoms with E-state index in [-0.39, 0.29) is 0 Å². The summed E-state index contributed by atoms with van der Waals surface area (Å²) in [5.74, 6) is 0. The molecule has 1 unspecified atom stereocenters. The van der Waals surface area contributed by atoms with Gasteiger partial charge in [0.15, 0.2) is 0 Å². The quantitative estimate of drug-likeness (QED) is 0.633. The first kappa shape index (κ1) is 9.09. The summed E-state index contributed by atoms with van der Waals surface area (Å²) in [6, 6.07) is 0. The first-order valence-corrected chi connectivity index (χ1v) is 6.14. The molecule has 0 N–H and O–H groups in total. The highest BCUT2D eigenvalue weighted by molar-refractivity contribution is 7.90. The predicted octanol–water partition coefficient (Wildman–Crippen LogP) is 1.04. The molecule has 0 saturated heterocycles. The van der Waals surface area contributed by atoms with Crippen LogP contribution < -0.4 is 0 Å². The second kappa shape index (κ2) is 3.35. The zero-order chi connectivity index (χ0) is 9.42. The van der Waals surface area contributed by atoms with Crippen molar-refractivity contribution < 1.29 is 4.55 Å².